The zero-order valence-electron chi connectivity index (χ0n) is 17.6. The van der Waals surface area contributed by atoms with Crippen LogP contribution in [-0.4, -0.2) is 28.2 Å². The van der Waals surface area contributed by atoms with Gasteiger partial charge in [-0.25, -0.2) is 8.78 Å². The second-order valence-corrected chi connectivity index (χ2v) is 7.88. The van der Waals surface area contributed by atoms with E-state index in [1.54, 1.807) is 11.1 Å². The maximum Gasteiger partial charge on any atom is 0.228 e. The standard InChI is InChI=1S/C25H23F2N3O2/c1-17(22-9-5-6-12-28-22)29(15-18-7-3-2-4-8-18)25(32)19-13-24(31)30(16-19)23-11-10-20(26)14-21(23)27/h2-12,14,17,19H,13,15-16H2,1H3. The van der Waals surface area contributed by atoms with E-state index in [9.17, 15) is 18.4 Å². The van der Waals surface area contributed by atoms with Crippen molar-refractivity contribution in [3.05, 3.63) is 95.8 Å². The van der Waals surface area contributed by atoms with E-state index in [-0.39, 0.29) is 36.5 Å². The molecule has 164 valence electrons. The van der Waals surface area contributed by atoms with Crippen LogP contribution in [0.2, 0.25) is 0 Å². The van der Waals surface area contributed by atoms with Crippen molar-refractivity contribution in [1.29, 1.82) is 0 Å². The van der Waals surface area contributed by atoms with E-state index in [4.69, 9.17) is 0 Å². The number of hydrogen-bond donors (Lipinski definition) is 0. The van der Waals surface area contributed by atoms with Crippen LogP contribution in [-0.2, 0) is 16.1 Å². The van der Waals surface area contributed by atoms with Crippen molar-refractivity contribution in [1.82, 2.24) is 9.88 Å². The summed E-state index contributed by atoms with van der Waals surface area (Å²) in [6, 6.07) is 17.9. The maximum absolute atomic E-state index is 14.3. The summed E-state index contributed by atoms with van der Waals surface area (Å²) in [6.07, 6.45) is 1.64. The van der Waals surface area contributed by atoms with Gasteiger partial charge in [0.25, 0.3) is 0 Å². The number of benzene rings is 2. The van der Waals surface area contributed by atoms with Crippen LogP contribution < -0.4 is 4.90 Å². The van der Waals surface area contributed by atoms with E-state index >= 15 is 0 Å². The van der Waals surface area contributed by atoms with Crippen LogP contribution >= 0.6 is 0 Å². The van der Waals surface area contributed by atoms with E-state index in [1.807, 2.05) is 55.5 Å². The molecule has 1 saturated heterocycles. The molecule has 1 aromatic heterocycles. The molecule has 2 unspecified atom stereocenters. The van der Waals surface area contributed by atoms with Gasteiger partial charge >= 0.3 is 0 Å². The molecule has 4 rings (SSSR count). The highest BCUT2D eigenvalue weighted by molar-refractivity contribution is 6.00. The molecule has 0 spiro atoms. The van der Waals surface area contributed by atoms with Gasteiger partial charge < -0.3 is 9.80 Å². The number of rotatable bonds is 6. The third-order valence-electron chi connectivity index (χ3n) is 5.74. The van der Waals surface area contributed by atoms with Crippen LogP contribution in [0.4, 0.5) is 14.5 Å². The zero-order chi connectivity index (χ0) is 22.7. The summed E-state index contributed by atoms with van der Waals surface area (Å²) >= 11 is 0. The second kappa shape index (κ2) is 9.26. The molecule has 32 heavy (non-hydrogen) atoms. The Kier molecular flexibility index (Phi) is 6.25. The molecule has 2 amide bonds. The van der Waals surface area contributed by atoms with Gasteiger partial charge in [-0.15, -0.1) is 0 Å². The number of halogens is 2. The fourth-order valence-electron chi connectivity index (χ4n) is 4.01. The maximum atomic E-state index is 14.3. The van der Waals surface area contributed by atoms with Crippen molar-refractivity contribution in [3.63, 3.8) is 0 Å². The molecule has 0 radical (unpaired) electrons. The van der Waals surface area contributed by atoms with Gasteiger partial charge in [-0.2, -0.15) is 0 Å². The van der Waals surface area contributed by atoms with E-state index in [1.165, 1.54) is 11.0 Å². The van der Waals surface area contributed by atoms with Crippen LogP contribution in [0.1, 0.15) is 30.6 Å². The molecule has 7 heteroatoms. The summed E-state index contributed by atoms with van der Waals surface area (Å²) in [6.45, 7) is 2.30. The first-order chi connectivity index (χ1) is 15.4. The van der Waals surface area contributed by atoms with Crippen LogP contribution in [0.15, 0.2) is 72.9 Å². The summed E-state index contributed by atoms with van der Waals surface area (Å²) in [5.41, 5.74) is 1.68. The number of aromatic nitrogens is 1. The number of pyridine rings is 1. The van der Waals surface area contributed by atoms with Gasteiger partial charge in [-0.1, -0.05) is 36.4 Å². The normalized spacial score (nSPS) is 16.8. The Hall–Kier alpha value is -3.61. The average molecular weight is 435 g/mol. The quantitative estimate of drug-likeness (QED) is 0.573. The zero-order valence-corrected chi connectivity index (χ0v) is 17.6. The lowest BCUT2D eigenvalue weighted by Gasteiger charge is -2.31. The molecular weight excluding hydrogens is 412 g/mol. The summed E-state index contributed by atoms with van der Waals surface area (Å²) in [4.78, 5) is 33.5. The van der Waals surface area contributed by atoms with Crippen LogP contribution in [0.25, 0.3) is 0 Å². The summed E-state index contributed by atoms with van der Waals surface area (Å²) < 4.78 is 27.6. The summed E-state index contributed by atoms with van der Waals surface area (Å²) in [7, 11) is 0. The van der Waals surface area contributed by atoms with Gasteiger partial charge in [0.1, 0.15) is 11.6 Å². The highest BCUT2D eigenvalue weighted by Crippen LogP contribution is 2.31. The Balaban J connectivity index is 1.59. The van der Waals surface area contributed by atoms with E-state index in [2.05, 4.69) is 4.98 Å². The number of carbonyl (C=O) groups excluding carboxylic acids is 2. The van der Waals surface area contributed by atoms with Gasteiger partial charge in [0, 0.05) is 31.8 Å². The molecule has 0 saturated carbocycles. The highest BCUT2D eigenvalue weighted by Gasteiger charge is 2.39. The second-order valence-electron chi connectivity index (χ2n) is 7.88. The molecule has 0 aliphatic carbocycles. The van der Waals surface area contributed by atoms with Gasteiger partial charge in [0.15, 0.2) is 0 Å². The van der Waals surface area contributed by atoms with Crippen molar-refractivity contribution in [2.24, 2.45) is 5.92 Å². The molecule has 2 aromatic carbocycles. The highest BCUT2D eigenvalue weighted by atomic mass is 19.1. The average Bonchev–Trinajstić information content (AvgIpc) is 3.19. The largest absolute Gasteiger partial charge is 0.330 e. The molecule has 2 atom stereocenters. The summed E-state index contributed by atoms with van der Waals surface area (Å²) in [5.74, 6) is -2.75. The molecule has 0 N–H and O–H groups in total. The summed E-state index contributed by atoms with van der Waals surface area (Å²) in [5, 5.41) is 0. The van der Waals surface area contributed by atoms with Gasteiger partial charge in [0.2, 0.25) is 11.8 Å². The monoisotopic (exact) mass is 435 g/mol. The Morgan fingerprint density at radius 2 is 1.88 bits per heavy atom. The molecule has 0 bridgehead atoms. The number of nitrogens with zero attached hydrogens (tertiary/aromatic N) is 3. The van der Waals surface area contributed by atoms with Crippen molar-refractivity contribution in [2.75, 3.05) is 11.4 Å². The minimum atomic E-state index is -0.825. The third-order valence-corrected chi connectivity index (χ3v) is 5.74. The van der Waals surface area contributed by atoms with Crippen molar-refractivity contribution in [3.8, 4) is 0 Å². The first-order valence-electron chi connectivity index (χ1n) is 10.4. The predicted molar refractivity (Wildman–Crippen MR) is 116 cm³/mol. The van der Waals surface area contributed by atoms with E-state index in [0.29, 0.717) is 6.54 Å². The topological polar surface area (TPSA) is 53.5 Å². The van der Waals surface area contributed by atoms with Crippen molar-refractivity contribution in [2.45, 2.75) is 25.9 Å². The third kappa shape index (κ3) is 4.51. The smallest absolute Gasteiger partial charge is 0.228 e. The first kappa shape index (κ1) is 21.6. The Morgan fingerprint density at radius 1 is 1.12 bits per heavy atom. The molecule has 1 aliphatic heterocycles. The lowest BCUT2D eigenvalue weighted by molar-refractivity contribution is -0.138. The molecule has 3 aromatic rings. The number of amides is 2. The van der Waals surface area contributed by atoms with Crippen molar-refractivity contribution >= 4 is 17.5 Å². The number of carbonyl (C=O) groups is 2. The lowest BCUT2D eigenvalue weighted by atomic mass is 10.0. The van der Waals surface area contributed by atoms with Gasteiger partial charge in [-0.3, -0.25) is 14.6 Å². The Labute approximate surface area is 185 Å². The SMILES string of the molecule is CC(c1ccccn1)N(Cc1ccccc1)C(=O)C1CC(=O)N(c2ccc(F)cc2F)C1. The Morgan fingerprint density at radius 3 is 2.56 bits per heavy atom. The van der Waals surface area contributed by atoms with E-state index < -0.39 is 17.6 Å². The molecule has 5 nitrogen and oxygen atoms in total. The molecule has 1 fully saturated rings. The Bertz CT molecular complexity index is 1110. The number of hydrogen-bond acceptors (Lipinski definition) is 3. The fourth-order valence-corrected chi connectivity index (χ4v) is 4.01. The van der Waals surface area contributed by atoms with Crippen LogP contribution in [0.3, 0.4) is 0 Å². The van der Waals surface area contributed by atoms with Gasteiger partial charge in [-0.05, 0) is 36.8 Å². The minimum Gasteiger partial charge on any atom is -0.330 e. The molecule has 2 heterocycles. The fraction of sp³-hybridized carbons (Fsp3) is 0.240. The first-order valence-corrected chi connectivity index (χ1v) is 10.4. The molecule has 1 aliphatic rings. The molecular formula is C25H23F2N3O2. The van der Waals surface area contributed by atoms with Crippen LogP contribution in [0, 0.1) is 17.6 Å². The predicted octanol–water partition coefficient (Wildman–Crippen LogP) is 4.50. The minimum absolute atomic E-state index is 0.0147. The lowest BCUT2D eigenvalue weighted by Crippen LogP contribution is -2.39. The van der Waals surface area contributed by atoms with Crippen molar-refractivity contribution < 1.29 is 18.4 Å². The van der Waals surface area contributed by atoms with E-state index in [0.717, 1.165) is 23.4 Å². The number of anilines is 1. The van der Waals surface area contributed by atoms with Crippen LogP contribution in [0.5, 0.6) is 0 Å². The van der Waals surface area contributed by atoms with Gasteiger partial charge in [0.05, 0.1) is 23.3 Å².